The lowest BCUT2D eigenvalue weighted by molar-refractivity contribution is -0.130. The fourth-order valence-corrected chi connectivity index (χ4v) is 2.97. The van der Waals surface area contributed by atoms with Crippen molar-refractivity contribution in [3.8, 4) is 0 Å². The highest BCUT2D eigenvalue weighted by atomic mass is 32.2. The summed E-state index contributed by atoms with van der Waals surface area (Å²) >= 11 is 1.97. The highest BCUT2D eigenvalue weighted by Crippen LogP contribution is 2.24. The second-order valence-corrected chi connectivity index (χ2v) is 5.47. The summed E-state index contributed by atoms with van der Waals surface area (Å²) in [4.78, 5) is 13.5. The molecule has 76 valence electrons. The first-order valence-electron chi connectivity index (χ1n) is 4.71. The monoisotopic (exact) mass is 202 g/mol. The number of amides is 1. The third-order valence-electron chi connectivity index (χ3n) is 2.10. The summed E-state index contributed by atoms with van der Waals surface area (Å²) in [5.41, 5.74) is 0. The molecular formula is C9H18N2OS. The van der Waals surface area contributed by atoms with Gasteiger partial charge >= 0.3 is 0 Å². The Morgan fingerprint density at radius 1 is 1.46 bits per heavy atom. The summed E-state index contributed by atoms with van der Waals surface area (Å²) in [6, 6.07) is 0. The zero-order valence-corrected chi connectivity index (χ0v) is 9.36. The maximum absolute atomic E-state index is 11.5. The Bertz CT molecular complexity index is 176. The van der Waals surface area contributed by atoms with Crippen molar-refractivity contribution in [2.24, 2.45) is 0 Å². The van der Waals surface area contributed by atoms with Crippen molar-refractivity contribution in [1.29, 1.82) is 0 Å². The smallest absolute Gasteiger partial charge is 0.236 e. The molecule has 0 radical (unpaired) electrons. The molecule has 0 aliphatic carbocycles. The number of likely N-dealkylation sites (N-methyl/N-ethyl adjacent to an activating group) is 1. The third-order valence-corrected chi connectivity index (χ3v) is 3.33. The van der Waals surface area contributed by atoms with Gasteiger partial charge in [0.2, 0.25) is 5.91 Å². The molecule has 2 unspecified atom stereocenters. The molecule has 0 aromatic carbocycles. The fourth-order valence-electron chi connectivity index (χ4n) is 1.64. The molecule has 3 nitrogen and oxygen atoms in total. The van der Waals surface area contributed by atoms with Crippen LogP contribution >= 0.6 is 11.8 Å². The van der Waals surface area contributed by atoms with Crippen molar-refractivity contribution in [3.63, 3.8) is 0 Å². The lowest BCUT2D eigenvalue weighted by atomic mass is 10.3. The maximum atomic E-state index is 11.5. The van der Waals surface area contributed by atoms with Crippen LogP contribution in [0.3, 0.4) is 0 Å². The lowest BCUT2D eigenvalue weighted by Gasteiger charge is -2.34. The van der Waals surface area contributed by atoms with Crippen molar-refractivity contribution < 1.29 is 4.79 Å². The summed E-state index contributed by atoms with van der Waals surface area (Å²) in [5.74, 6) is 0.224. The number of nitrogens with zero attached hydrogens (tertiary/aromatic N) is 1. The average molecular weight is 202 g/mol. The number of carbonyl (C=O) groups is 1. The molecule has 0 bridgehead atoms. The van der Waals surface area contributed by atoms with Gasteiger partial charge in [-0.15, -0.1) is 0 Å². The van der Waals surface area contributed by atoms with E-state index in [1.54, 1.807) is 0 Å². The van der Waals surface area contributed by atoms with E-state index in [1.165, 1.54) is 0 Å². The second-order valence-electron chi connectivity index (χ2n) is 3.59. The second kappa shape index (κ2) is 4.86. The van der Waals surface area contributed by atoms with Crippen molar-refractivity contribution in [1.82, 2.24) is 10.2 Å². The minimum Gasteiger partial charge on any atom is -0.339 e. The molecule has 1 N–H and O–H groups in total. The molecule has 4 heteroatoms. The molecule has 2 atom stereocenters. The lowest BCUT2D eigenvalue weighted by Crippen LogP contribution is -2.46. The van der Waals surface area contributed by atoms with Gasteiger partial charge < -0.3 is 10.2 Å². The topological polar surface area (TPSA) is 32.3 Å². The van der Waals surface area contributed by atoms with E-state index in [0.29, 0.717) is 17.0 Å². The summed E-state index contributed by atoms with van der Waals surface area (Å²) < 4.78 is 0. The Labute approximate surface area is 84.2 Å². The molecule has 1 heterocycles. The van der Waals surface area contributed by atoms with Gasteiger partial charge in [-0.1, -0.05) is 13.8 Å². The Hall–Kier alpha value is -0.220. The molecule has 1 rings (SSSR count). The molecule has 0 spiro atoms. The minimum atomic E-state index is 0.224. The van der Waals surface area contributed by atoms with Gasteiger partial charge in [0.15, 0.2) is 0 Å². The van der Waals surface area contributed by atoms with Gasteiger partial charge in [0, 0.05) is 23.6 Å². The van der Waals surface area contributed by atoms with E-state index in [4.69, 9.17) is 0 Å². The highest BCUT2D eigenvalue weighted by Gasteiger charge is 2.24. The summed E-state index contributed by atoms with van der Waals surface area (Å²) in [7, 11) is 1.81. The average Bonchev–Trinajstić information content (AvgIpc) is 2.03. The van der Waals surface area contributed by atoms with Crippen molar-refractivity contribution >= 4 is 17.7 Å². The summed E-state index contributed by atoms with van der Waals surface area (Å²) in [6.07, 6.45) is 0. The van der Waals surface area contributed by atoms with E-state index in [1.807, 2.05) is 23.7 Å². The van der Waals surface area contributed by atoms with E-state index >= 15 is 0 Å². The summed E-state index contributed by atoms with van der Waals surface area (Å²) in [5, 5.41) is 4.04. The van der Waals surface area contributed by atoms with Crippen LogP contribution in [0, 0.1) is 0 Å². The predicted molar refractivity (Wildman–Crippen MR) is 57.0 cm³/mol. The normalized spacial score (nSPS) is 29.0. The molecule has 1 saturated heterocycles. The van der Waals surface area contributed by atoms with E-state index < -0.39 is 0 Å². The van der Waals surface area contributed by atoms with Gasteiger partial charge in [-0.2, -0.15) is 11.8 Å². The predicted octanol–water partition coefficient (Wildman–Crippen LogP) is 0.558. The minimum absolute atomic E-state index is 0.224. The number of hydrogen-bond donors (Lipinski definition) is 1. The Kier molecular flexibility index (Phi) is 4.06. The zero-order chi connectivity index (χ0) is 9.84. The van der Waals surface area contributed by atoms with Crippen LogP contribution < -0.4 is 5.32 Å². The molecular weight excluding hydrogens is 184 g/mol. The van der Waals surface area contributed by atoms with Crippen molar-refractivity contribution in [2.45, 2.75) is 24.3 Å². The first-order valence-corrected chi connectivity index (χ1v) is 5.65. The van der Waals surface area contributed by atoms with Crippen LogP contribution in [0.15, 0.2) is 0 Å². The molecule has 13 heavy (non-hydrogen) atoms. The van der Waals surface area contributed by atoms with Crippen LogP contribution in [0.25, 0.3) is 0 Å². The molecule has 0 aromatic heterocycles. The van der Waals surface area contributed by atoms with E-state index in [9.17, 15) is 4.79 Å². The first-order chi connectivity index (χ1) is 6.13. The van der Waals surface area contributed by atoms with E-state index in [2.05, 4.69) is 19.2 Å². The van der Waals surface area contributed by atoms with E-state index in [0.717, 1.165) is 13.1 Å². The quantitative estimate of drug-likeness (QED) is 0.710. The number of carbonyl (C=O) groups excluding carboxylic acids is 1. The third kappa shape index (κ3) is 3.19. The van der Waals surface area contributed by atoms with Gasteiger partial charge in [0.1, 0.15) is 0 Å². The summed E-state index contributed by atoms with van der Waals surface area (Å²) in [6.45, 7) is 6.62. The zero-order valence-electron chi connectivity index (χ0n) is 8.54. The van der Waals surface area contributed by atoms with Gasteiger partial charge in [-0.25, -0.2) is 0 Å². The molecule has 1 fully saturated rings. The Balaban J connectivity index is 2.45. The number of nitrogens with one attached hydrogen (secondary N) is 1. The van der Waals surface area contributed by atoms with Crippen molar-refractivity contribution in [3.05, 3.63) is 0 Å². The number of rotatable bonds is 2. The maximum Gasteiger partial charge on any atom is 0.236 e. The largest absolute Gasteiger partial charge is 0.339 e. The molecule has 1 aliphatic rings. The van der Waals surface area contributed by atoms with Crippen LogP contribution in [0.1, 0.15) is 13.8 Å². The van der Waals surface area contributed by atoms with E-state index in [-0.39, 0.29) is 5.91 Å². The van der Waals surface area contributed by atoms with Crippen LogP contribution in [0.4, 0.5) is 0 Å². The van der Waals surface area contributed by atoms with Crippen LogP contribution in [-0.2, 0) is 4.79 Å². The highest BCUT2D eigenvalue weighted by molar-refractivity contribution is 8.00. The number of thioether (sulfide) groups is 1. The molecule has 1 amide bonds. The van der Waals surface area contributed by atoms with Gasteiger partial charge in [0.25, 0.3) is 0 Å². The number of hydrogen-bond acceptors (Lipinski definition) is 3. The van der Waals surface area contributed by atoms with Crippen LogP contribution in [0.2, 0.25) is 0 Å². The van der Waals surface area contributed by atoms with Crippen LogP contribution in [-0.4, -0.2) is 48.0 Å². The standard InChI is InChI=1S/C9H18N2OS/c1-7-5-11(6-8(2)13-7)9(12)4-10-3/h7-8,10H,4-6H2,1-3H3. The molecule has 0 aromatic rings. The Morgan fingerprint density at radius 3 is 2.46 bits per heavy atom. The molecule has 0 saturated carbocycles. The van der Waals surface area contributed by atoms with Gasteiger partial charge in [0.05, 0.1) is 6.54 Å². The van der Waals surface area contributed by atoms with Gasteiger partial charge in [-0.05, 0) is 7.05 Å². The molecule has 1 aliphatic heterocycles. The fraction of sp³-hybridized carbons (Fsp3) is 0.889. The SMILES string of the molecule is CNCC(=O)N1CC(C)SC(C)C1. The van der Waals surface area contributed by atoms with Crippen LogP contribution in [0.5, 0.6) is 0 Å². The Morgan fingerprint density at radius 2 is 2.00 bits per heavy atom. The first kappa shape index (κ1) is 10.9. The van der Waals surface area contributed by atoms with Gasteiger partial charge in [-0.3, -0.25) is 4.79 Å². The van der Waals surface area contributed by atoms with Crippen molar-refractivity contribution in [2.75, 3.05) is 26.7 Å².